The molecule has 0 fully saturated rings. The van der Waals surface area contributed by atoms with Crippen LogP contribution in [0.4, 0.5) is 0 Å². The van der Waals surface area contributed by atoms with Gasteiger partial charge in [-0.3, -0.25) is 4.79 Å². The summed E-state index contributed by atoms with van der Waals surface area (Å²) in [5.41, 5.74) is 0.713. The van der Waals surface area contributed by atoms with Gasteiger partial charge in [-0.1, -0.05) is 32.0 Å². The van der Waals surface area contributed by atoms with E-state index in [2.05, 4.69) is 5.32 Å². The van der Waals surface area contributed by atoms with Gasteiger partial charge in [0.15, 0.2) is 9.84 Å². The van der Waals surface area contributed by atoms with Crippen LogP contribution in [0.2, 0.25) is 0 Å². The molecule has 0 spiro atoms. The highest BCUT2D eigenvalue weighted by Gasteiger charge is 2.31. The van der Waals surface area contributed by atoms with Gasteiger partial charge in [-0.15, -0.1) is 0 Å². The first-order chi connectivity index (χ1) is 8.95. The Morgan fingerprint density at radius 2 is 2.11 bits per heavy atom. The number of carbonyl (C=O) groups is 1. The first-order valence-electron chi connectivity index (χ1n) is 6.57. The maximum Gasteiger partial charge on any atom is 0.223 e. The number of rotatable bonds is 3. The van der Waals surface area contributed by atoms with Crippen molar-refractivity contribution in [3.05, 3.63) is 29.8 Å². The maximum atomic E-state index is 12.0. The van der Waals surface area contributed by atoms with Gasteiger partial charge in [0.25, 0.3) is 0 Å². The molecule has 1 aromatic carbocycles. The fourth-order valence-corrected chi connectivity index (χ4v) is 3.86. The second-order valence-corrected chi connectivity index (χ2v) is 7.09. The summed E-state index contributed by atoms with van der Waals surface area (Å²) in [6.07, 6.45) is 1.22. The monoisotopic (exact) mass is 281 g/mol. The number of amides is 1. The van der Waals surface area contributed by atoms with E-state index < -0.39 is 9.84 Å². The Bertz CT molecular complexity index is 580. The van der Waals surface area contributed by atoms with E-state index in [1.807, 2.05) is 19.9 Å². The van der Waals surface area contributed by atoms with Crippen LogP contribution in [0.1, 0.15) is 38.3 Å². The lowest BCUT2D eigenvalue weighted by Crippen LogP contribution is -2.36. The van der Waals surface area contributed by atoms with Crippen molar-refractivity contribution in [2.45, 2.75) is 37.6 Å². The van der Waals surface area contributed by atoms with Crippen molar-refractivity contribution in [2.24, 2.45) is 5.92 Å². The zero-order valence-electron chi connectivity index (χ0n) is 11.2. The van der Waals surface area contributed by atoms with Crippen LogP contribution in [0.3, 0.4) is 0 Å². The van der Waals surface area contributed by atoms with Crippen molar-refractivity contribution in [1.82, 2.24) is 5.32 Å². The molecule has 0 aromatic heterocycles. The zero-order valence-corrected chi connectivity index (χ0v) is 12.0. The largest absolute Gasteiger partial charge is 0.349 e. The molecule has 0 saturated carbocycles. The molecule has 2 rings (SSSR count). The number of sulfone groups is 1. The lowest BCUT2D eigenvalue weighted by atomic mass is 10.0. The van der Waals surface area contributed by atoms with Crippen LogP contribution in [-0.4, -0.2) is 20.1 Å². The second kappa shape index (κ2) is 5.33. The zero-order chi connectivity index (χ0) is 14.0. The van der Waals surface area contributed by atoms with E-state index in [4.69, 9.17) is 0 Å². The summed E-state index contributed by atoms with van der Waals surface area (Å²) in [6, 6.07) is 6.73. The second-order valence-electron chi connectivity index (χ2n) is 5.02. The van der Waals surface area contributed by atoms with Crippen LogP contribution in [0.5, 0.6) is 0 Å². The van der Waals surface area contributed by atoms with Crippen LogP contribution >= 0.6 is 0 Å². The van der Waals surface area contributed by atoms with Gasteiger partial charge < -0.3 is 5.32 Å². The third-order valence-electron chi connectivity index (χ3n) is 3.68. The first kappa shape index (κ1) is 14.1. The lowest BCUT2D eigenvalue weighted by molar-refractivity contribution is -0.125. The highest BCUT2D eigenvalue weighted by atomic mass is 32.2. The van der Waals surface area contributed by atoms with Crippen LogP contribution in [-0.2, 0) is 14.6 Å². The average Bonchev–Trinajstić information content (AvgIpc) is 2.41. The molecule has 1 aliphatic heterocycles. The standard InChI is InChI=1S/C14H19NO3S/c1-3-10(2)14(16)15-12-8-9-19(17,18)13-7-5-4-6-11(12)13/h4-7,10,12H,3,8-9H2,1-2H3,(H,15,16)/t10-,12-/m1/s1. The van der Waals surface area contributed by atoms with Gasteiger partial charge in [-0.05, 0) is 24.5 Å². The number of fused-ring (bicyclic) bond motifs is 1. The van der Waals surface area contributed by atoms with Gasteiger partial charge in [-0.25, -0.2) is 8.42 Å². The van der Waals surface area contributed by atoms with Crippen molar-refractivity contribution in [2.75, 3.05) is 5.75 Å². The SMILES string of the molecule is CC[C@@H](C)C(=O)N[C@@H]1CCS(=O)(=O)c2ccccc21. The van der Waals surface area contributed by atoms with Gasteiger partial charge in [-0.2, -0.15) is 0 Å². The summed E-state index contributed by atoms with van der Waals surface area (Å²) in [7, 11) is -3.19. The fraction of sp³-hybridized carbons (Fsp3) is 0.500. The van der Waals surface area contributed by atoms with Crippen molar-refractivity contribution in [3.63, 3.8) is 0 Å². The molecule has 0 unspecified atom stereocenters. The van der Waals surface area contributed by atoms with Crippen molar-refractivity contribution in [1.29, 1.82) is 0 Å². The van der Waals surface area contributed by atoms with E-state index in [0.717, 1.165) is 6.42 Å². The highest BCUT2D eigenvalue weighted by Crippen LogP contribution is 2.32. The Balaban J connectivity index is 2.28. The van der Waals surface area contributed by atoms with Gasteiger partial charge in [0.2, 0.25) is 5.91 Å². The minimum absolute atomic E-state index is 0.0124. The quantitative estimate of drug-likeness (QED) is 0.922. The molecule has 1 heterocycles. The summed E-state index contributed by atoms with van der Waals surface area (Å²) in [5.74, 6) is 0.0300. The molecule has 1 aromatic rings. The van der Waals surface area contributed by atoms with Crippen LogP contribution in [0.15, 0.2) is 29.2 Å². The minimum Gasteiger partial charge on any atom is -0.349 e. The smallest absolute Gasteiger partial charge is 0.223 e. The normalized spacial score (nSPS) is 22.3. The van der Waals surface area contributed by atoms with E-state index in [-0.39, 0.29) is 23.6 Å². The fourth-order valence-electron chi connectivity index (χ4n) is 2.24. The third kappa shape index (κ3) is 2.81. The summed E-state index contributed by atoms with van der Waals surface area (Å²) in [6.45, 7) is 3.84. The lowest BCUT2D eigenvalue weighted by Gasteiger charge is -2.27. The van der Waals surface area contributed by atoms with Crippen molar-refractivity contribution >= 4 is 15.7 Å². The Labute approximate surface area is 114 Å². The van der Waals surface area contributed by atoms with Crippen molar-refractivity contribution < 1.29 is 13.2 Å². The molecule has 19 heavy (non-hydrogen) atoms. The molecular formula is C14H19NO3S. The number of benzene rings is 1. The van der Waals surface area contributed by atoms with E-state index in [0.29, 0.717) is 16.9 Å². The molecule has 104 valence electrons. The Hall–Kier alpha value is -1.36. The molecule has 1 aliphatic rings. The molecule has 0 aliphatic carbocycles. The number of hydrogen-bond donors (Lipinski definition) is 1. The average molecular weight is 281 g/mol. The highest BCUT2D eigenvalue weighted by molar-refractivity contribution is 7.91. The predicted molar refractivity (Wildman–Crippen MR) is 73.5 cm³/mol. The summed E-state index contributed by atoms with van der Waals surface area (Å²) in [4.78, 5) is 12.3. The molecule has 2 atom stereocenters. The maximum absolute atomic E-state index is 12.0. The van der Waals surface area contributed by atoms with E-state index in [9.17, 15) is 13.2 Å². The Morgan fingerprint density at radius 3 is 2.79 bits per heavy atom. The van der Waals surface area contributed by atoms with Crippen LogP contribution in [0.25, 0.3) is 0 Å². The number of nitrogens with one attached hydrogen (secondary N) is 1. The van der Waals surface area contributed by atoms with Crippen LogP contribution < -0.4 is 5.32 Å². The number of hydrogen-bond acceptors (Lipinski definition) is 3. The molecule has 0 bridgehead atoms. The van der Waals surface area contributed by atoms with Gasteiger partial charge >= 0.3 is 0 Å². The summed E-state index contributed by atoms with van der Waals surface area (Å²) < 4.78 is 24.0. The van der Waals surface area contributed by atoms with Crippen LogP contribution in [0, 0.1) is 5.92 Å². The van der Waals surface area contributed by atoms with E-state index in [1.54, 1.807) is 18.2 Å². The molecule has 4 nitrogen and oxygen atoms in total. The molecule has 1 amide bonds. The molecule has 0 radical (unpaired) electrons. The van der Waals surface area contributed by atoms with Gasteiger partial charge in [0.05, 0.1) is 16.7 Å². The Kier molecular flexibility index (Phi) is 3.94. The molecular weight excluding hydrogens is 262 g/mol. The minimum atomic E-state index is -3.19. The summed E-state index contributed by atoms with van der Waals surface area (Å²) >= 11 is 0. The van der Waals surface area contributed by atoms with Gasteiger partial charge in [0, 0.05) is 5.92 Å². The Morgan fingerprint density at radius 1 is 1.42 bits per heavy atom. The first-order valence-corrected chi connectivity index (χ1v) is 8.23. The molecule has 5 heteroatoms. The predicted octanol–water partition coefficient (Wildman–Crippen LogP) is 2.07. The summed E-state index contributed by atoms with van der Waals surface area (Å²) in [5, 5.41) is 2.96. The van der Waals surface area contributed by atoms with E-state index >= 15 is 0 Å². The topological polar surface area (TPSA) is 63.2 Å². The number of carbonyl (C=O) groups excluding carboxylic acids is 1. The van der Waals surface area contributed by atoms with E-state index in [1.165, 1.54) is 0 Å². The molecule has 1 N–H and O–H groups in total. The van der Waals surface area contributed by atoms with Gasteiger partial charge in [0.1, 0.15) is 0 Å². The molecule has 0 saturated heterocycles. The third-order valence-corrected chi connectivity index (χ3v) is 5.50. The van der Waals surface area contributed by atoms with Crippen molar-refractivity contribution in [3.8, 4) is 0 Å².